The topological polar surface area (TPSA) is 55.8 Å². The molecule has 6 heteroatoms. The fourth-order valence-electron chi connectivity index (χ4n) is 2.91. The van der Waals surface area contributed by atoms with Crippen molar-refractivity contribution in [3.63, 3.8) is 0 Å². The zero-order valence-corrected chi connectivity index (χ0v) is 14.3. The Morgan fingerprint density at radius 1 is 1.23 bits per heavy atom. The van der Waals surface area contributed by atoms with Crippen LogP contribution in [0.15, 0.2) is 30.3 Å². The monoisotopic (exact) mass is 327 g/mol. The van der Waals surface area contributed by atoms with Gasteiger partial charge in [-0.3, -0.25) is 0 Å². The average Bonchev–Trinajstić information content (AvgIpc) is 2.45. The van der Waals surface area contributed by atoms with Crippen LogP contribution < -0.4 is 0 Å². The second kappa shape index (κ2) is 7.08. The first-order valence-corrected chi connectivity index (χ1v) is 9.03. The molecule has 1 aromatic rings. The van der Waals surface area contributed by atoms with Crippen molar-refractivity contribution in [3.8, 4) is 0 Å². The van der Waals surface area contributed by atoms with E-state index in [2.05, 4.69) is 19.1 Å². The van der Waals surface area contributed by atoms with Gasteiger partial charge in [0.25, 0.3) is 0 Å². The molecule has 1 heterocycles. The summed E-state index contributed by atoms with van der Waals surface area (Å²) in [6.07, 6.45) is 0.474. The summed E-state index contributed by atoms with van der Waals surface area (Å²) in [7, 11) is -0.242. The molecule has 0 N–H and O–H groups in total. The molecule has 22 heavy (non-hydrogen) atoms. The van der Waals surface area contributed by atoms with E-state index in [9.17, 15) is 8.42 Å². The molecule has 1 atom stereocenters. The predicted molar refractivity (Wildman–Crippen MR) is 86.3 cm³/mol. The number of rotatable bonds is 8. The molecule has 0 spiro atoms. The lowest BCUT2D eigenvalue weighted by Crippen LogP contribution is -2.59. The van der Waals surface area contributed by atoms with Gasteiger partial charge in [0.15, 0.2) is 0 Å². The molecule has 0 bridgehead atoms. The molecule has 0 amide bonds. The molecule has 1 fully saturated rings. The maximum Gasteiger partial charge on any atom is 0.216 e. The summed E-state index contributed by atoms with van der Waals surface area (Å²) in [4.78, 5) is 0. The number of sulfonamides is 1. The summed E-state index contributed by atoms with van der Waals surface area (Å²) in [5.74, 6) is -0.0290. The summed E-state index contributed by atoms with van der Waals surface area (Å²) >= 11 is 0. The van der Waals surface area contributed by atoms with E-state index in [4.69, 9.17) is 9.47 Å². The predicted octanol–water partition coefficient (Wildman–Crippen LogP) is 1.54. The number of methoxy groups -OCH3 is 2. The van der Waals surface area contributed by atoms with Gasteiger partial charge < -0.3 is 9.47 Å². The fraction of sp³-hybridized carbons (Fsp3) is 0.625. The largest absolute Gasteiger partial charge is 0.382 e. The molecule has 1 aromatic carbocycles. The van der Waals surface area contributed by atoms with Gasteiger partial charge in [0.05, 0.1) is 18.5 Å². The van der Waals surface area contributed by atoms with Gasteiger partial charge in [0.2, 0.25) is 10.0 Å². The smallest absolute Gasteiger partial charge is 0.216 e. The van der Waals surface area contributed by atoms with E-state index in [0.29, 0.717) is 13.1 Å². The van der Waals surface area contributed by atoms with Gasteiger partial charge in [-0.15, -0.1) is 0 Å². The zero-order valence-electron chi connectivity index (χ0n) is 13.5. The van der Waals surface area contributed by atoms with Crippen LogP contribution in [0.4, 0.5) is 0 Å². The Morgan fingerprint density at radius 3 is 2.41 bits per heavy atom. The minimum atomic E-state index is -3.29. The van der Waals surface area contributed by atoms with Gasteiger partial charge in [0.1, 0.15) is 0 Å². The lowest BCUT2D eigenvalue weighted by molar-refractivity contribution is 0.0386. The quantitative estimate of drug-likeness (QED) is 0.727. The van der Waals surface area contributed by atoms with Crippen LogP contribution in [0.5, 0.6) is 0 Å². The summed E-state index contributed by atoms with van der Waals surface area (Å²) in [6.45, 7) is 3.54. The lowest BCUT2D eigenvalue weighted by Gasteiger charge is -2.47. The maximum atomic E-state index is 12.4. The van der Waals surface area contributed by atoms with E-state index < -0.39 is 16.1 Å². The van der Waals surface area contributed by atoms with Crippen LogP contribution in [-0.4, -0.2) is 58.5 Å². The first-order valence-electron chi connectivity index (χ1n) is 7.42. The molecule has 2 rings (SSSR count). The Hall–Kier alpha value is -0.950. The zero-order chi connectivity index (χ0) is 16.2. The number of benzene rings is 1. The standard InChI is InChI=1S/C16H25NO4S/c1-16(9-14-7-5-4-6-8-14)12-17(13-16)22(18,19)11-15(21-3)10-20-2/h4-8,15H,9-13H2,1-3H3. The van der Waals surface area contributed by atoms with E-state index in [1.54, 1.807) is 11.4 Å². The first kappa shape index (κ1) is 17.4. The molecule has 0 aliphatic carbocycles. The van der Waals surface area contributed by atoms with Crippen molar-refractivity contribution in [2.45, 2.75) is 19.4 Å². The Morgan fingerprint density at radius 2 is 1.86 bits per heavy atom. The Balaban J connectivity index is 1.91. The van der Waals surface area contributed by atoms with E-state index in [1.165, 1.54) is 12.7 Å². The molecule has 1 aliphatic heterocycles. The molecule has 124 valence electrons. The maximum absolute atomic E-state index is 12.4. The number of hydrogen-bond acceptors (Lipinski definition) is 4. The molecular formula is C16H25NO4S. The third-order valence-electron chi connectivity index (χ3n) is 4.07. The van der Waals surface area contributed by atoms with Crippen LogP contribution in [0, 0.1) is 5.41 Å². The third-order valence-corrected chi connectivity index (χ3v) is 5.90. The summed E-state index contributed by atoms with van der Waals surface area (Å²) in [5.41, 5.74) is 1.26. The number of nitrogens with zero attached hydrogens (tertiary/aromatic N) is 1. The average molecular weight is 327 g/mol. The van der Waals surface area contributed by atoms with E-state index in [-0.39, 0.29) is 17.8 Å². The van der Waals surface area contributed by atoms with Crippen molar-refractivity contribution in [2.24, 2.45) is 5.41 Å². The molecule has 1 aliphatic rings. The van der Waals surface area contributed by atoms with Crippen molar-refractivity contribution in [2.75, 3.05) is 39.7 Å². The van der Waals surface area contributed by atoms with E-state index >= 15 is 0 Å². The Kier molecular flexibility index (Phi) is 5.60. The molecule has 5 nitrogen and oxygen atoms in total. The van der Waals surface area contributed by atoms with Crippen LogP contribution in [0.3, 0.4) is 0 Å². The normalized spacial score (nSPS) is 19.6. The minimum absolute atomic E-state index is 0.0122. The van der Waals surface area contributed by atoms with E-state index in [1.807, 2.05) is 18.2 Å². The van der Waals surface area contributed by atoms with Crippen molar-refractivity contribution >= 4 is 10.0 Å². The fourth-order valence-corrected chi connectivity index (χ4v) is 4.84. The molecule has 0 saturated carbocycles. The Labute approximate surface area is 133 Å². The molecular weight excluding hydrogens is 302 g/mol. The number of hydrogen-bond donors (Lipinski definition) is 0. The second-order valence-corrected chi connectivity index (χ2v) is 8.35. The van der Waals surface area contributed by atoms with Gasteiger partial charge in [-0.2, -0.15) is 0 Å². The Bertz CT molecular complexity index is 567. The SMILES string of the molecule is COCC(CS(=O)(=O)N1CC(C)(Cc2ccccc2)C1)OC. The van der Waals surface area contributed by atoms with E-state index in [0.717, 1.165) is 6.42 Å². The molecule has 1 unspecified atom stereocenters. The highest BCUT2D eigenvalue weighted by Crippen LogP contribution is 2.35. The third kappa shape index (κ3) is 4.29. The van der Waals surface area contributed by atoms with Crippen LogP contribution in [0.25, 0.3) is 0 Å². The molecule has 1 saturated heterocycles. The highest BCUT2D eigenvalue weighted by atomic mass is 32.2. The van der Waals surface area contributed by atoms with Crippen LogP contribution in [0.2, 0.25) is 0 Å². The second-order valence-electron chi connectivity index (χ2n) is 6.33. The molecule has 0 radical (unpaired) electrons. The van der Waals surface area contributed by atoms with Crippen LogP contribution >= 0.6 is 0 Å². The van der Waals surface area contributed by atoms with Crippen molar-refractivity contribution in [3.05, 3.63) is 35.9 Å². The van der Waals surface area contributed by atoms with Crippen molar-refractivity contribution in [1.29, 1.82) is 0 Å². The van der Waals surface area contributed by atoms with Crippen LogP contribution in [0.1, 0.15) is 12.5 Å². The van der Waals surface area contributed by atoms with Gasteiger partial charge in [-0.1, -0.05) is 37.3 Å². The summed E-state index contributed by atoms with van der Waals surface area (Å²) in [6, 6.07) is 10.2. The first-order chi connectivity index (χ1) is 10.4. The highest BCUT2D eigenvalue weighted by Gasteiger charge is 2.44. The van der Waals surface area contributed by atoms with Gasteiger partial charge in [-0.25, -0.2) is 12.7 Å². The van der Waals surface area contributed by atoms with Crippen molar-refractivity contribution < 1.29 is 17.9 Å². The van der Waals surface area contributed by atoms with Crippen molar-refractivity contribution in [1.82, 2.24) is 4.31 Å². The molecule has 0 aromatic heterocycles. The van der Waals surface area contributed by atoms with Gasteiger partial charge in [0, 0.05) is 27.3 Å². The van der Waals surface area contributed by atoms with Crippen LogP contribution in [-0.2, 0) is 25.9 Å². The highest BCUT2D eigenvalue weighted by molar-refractivity contribution is 7.89. The van der Waals surface area contributed by atoms with Gasteiger partial charge in [-0.05, 0) is 17.4 Å². The summed E-state index contributed by atoms with van der Waals surface area (Å²) < 4.78 is 36.5. The number of ether oxygens (including phenoxy) is 2. The summed E-state index contributed by atoms with van der Waals surface area (Å²) in [5, 5.41) is 0. The lowest BCUT2D eigenvalue weighted by atomic mass is 9.78. The minimum Gasteiger partial charge on any atom is -0.382 e. The van der Waals surface area contributed by atoms with Gasteiger partial charge >= 0.3 is 0 Å².